The Bertz CT molecular complexity index is 517. The van der Waals surface area contributed by atoms with Gasteiger partial charge in [0.1, 0.15) is 11.6 Å². The molecule has 0 saturated heterocycles. The van der Waals surface area contributed by atoms with Gasteiger partial charge in [0.2, 0.25) is 0 Å². The van der Waals surface area contributed by atoms with Crippen molar-refractivity contribution in [1.82, 2.24) is 4.98 Å². The van der Waals surface area contributed by atoms with Crippen LogP contribution in [-0.2, 0) is 13.2 Å². The van der Waals surface area contributed by atoms with Crippen LogP contribution in [0.5, 0.6) is 11.5 Å². The zero-order valence-electron chi connectivity index (χ0n) is 9.85. The summed E-state index contributed by atoms with van der Waals surface area (Å²) in [6.45, 7) is 0.776. The number of hydrogen-bond donors (Lipinski definition) is 1. The van der Waals surface area contributed by atoms with Crippen LogP contribution in [0.15, 0.2) is 23.7 Å². The molecule has 18 heavy (non-hydrogen) atoms. The van der Waals surface area contributed by atoms with E-state index in [-0.39, 0.29) is 0 Å². The lowest BCUT2D eigenvalue weighted by Gasteiger charge is -2.12. The van der Waals surface area contributed by atoms with Crippen molar-refractivity contribution in [3.63, 3.8) is 0 Å². The molecule has 0 radical (unpaired) electrons. The molecule has 2 N–H and O–H groups in total. The Hall–Kier alpha value is -1.30. The van der Waals surface area contributed by atoms with Crippen molar-refractivity contribution in [3.05, 3.63) is 39.3 Å². The molecule has 0 unspecified atom stereocenters. The molecule has 1 aromatic heterocycles. The summed E-state index contributed by atoms with van der Waals surface area (Å²) in [7, 11) is 1.57. The molecule has 6 heteroatoms. The van der Waals surface area contributed by atoms with Crippen LogP contribution < -0.4 is 15.2 Å². The molecular formula is C12H13ClN2O2S. The van der Waals surface area contributed by atoms with Crippen LogP contribution >= 0.6 is 22.9 Å². The largest absolute Gasteiger partial charge is 0.493 e. The number of methoxy groups -OCH3 is 1. The van der Waals surface area contributed by atoms with Crippen LogP contribution in [0.3, 0.4) is 0 Å². The number of thiazole rings is 1. The van der Waals surface area contributed by atoms with Crippen molar-refractivity contribution < 1.29 is 9.47 Å². The first-order chi connectivity index (χ1) is 8.74. The third kappa shape index (κ3) is 2.93. The van der Waals surface area contributed by atoms with Gasteiger partial charge < -0.3 is 15.2 Å². The zero-order valence-corrected chi connectivity index (χ0v) is 11.4. The predicted octanol–water partition coefficient (Wildman–Crippen LogP) is 2.84. The Morgan fingerprint density at radius 3 is 2.89 bits per heavy atom. The number of halogens is 1. The van der Waals surface area contributed by atoms with Crippen molar-refractivity contribution >= 4 is 22.9 Å². The molecule has 96 valence electrons. The van der Waals surface area contributed by atoms with E-state index >= 15 is 0 Å². The van der Waals surface area contributed by atoms with Gasteiger partial charge >= 0.3 is 0 Å². The first-order valence-corrected chi connectivity index (χ1v) is 6.58. The normalized spacial score (nSPS) is 10.4. The number of aromatic nitrogens is 1. The number of nitrogens with two attached hydrogens (primary N) is 1. The maximum atomic E-state index is 6.15. The lowest BCUT2D eigenvalue weighted by molar-refractivity contribution is 0.284. The summed E-state index contributed by atoms with van der Waals surface area (Å²) in [6, 6.07) is 3.60. The van der Waals surface area contributed by atoms with Crippen LogP contribution in [0.1, 0.15) is 10.6 Å². The smallest absolute Gasteiger partial charge is 0.180 e. The molecule has 0 atom stereocenters. The van der Waals surface area contributed by atoms with Gasteiger partial charge in [0.15, 0.2) is 11.5 Å². The maximum absolute atomic E-state index is 6.15. The number of hydrogen-bond acceptors (Lipinski definition) is 5. The molecule has 0 spiro atoms. The molecule has 1 heterocycles. The highest BCUT2D eigenvalue weighted by Crippen LogP contribution is 2.36. The summed E-state index contributed by atoms with van der Waals surface area (Å²) in [5, 5.41) is 3.28. The number of benzene rings is 1. The van der Waals surface area contributed by atoms with Crippen LogP contribution in [0.4, 0.5) is 0 Å². The second kappa shape index (κ2) is 6.04. The summed E-state index contributed by atoms with van der Waals surface area (Å²) >= 11 is 7.68. The molecular weight excluding hydrogens is 272 g/mol. The summed E-state index contributed by atoms with van der Waals surface area (Å²) in [4.78, 5) is 4.14. The Labute approximate surface area is 114 Å². The summed E-state index contributed by atoms with van der Waals surface area (Å²) in [6.07, 6.45) is 1.74. The Kier molecular flexibility index (Phi) is 4.41. The Morgan fingerprint density at radius 1 is 1.44 bits per heavy atom. The monoisotopic (exact) mass is 284 g/mol. The standard InChI is InChI=1S/C12H13ClN2O2S/c1-16-10-5-8(6-14)4-9(13)12(10)17-7-11-15-2-3-18-11/h2-5H,6-7,14H2,1H3. The first-order valence-electron chi connectivity index (χ1n) is 5.32. The molecule has 0 aliphatic carbocycles. The second-order valence-corrected chi connectivity index (χ2v) is 4.91. The lowest BCUT2D eigenvalue weighted by atomic mass is 10.2. The molecule has 1 aromatic carbocycles. The maximum Gasteiger partial charge on any atom is 0.180 e. The SMILES string of the molecule is COc1cc(CN)cc(Cl)c1OCc1nccs1. The molecule has 2 aromatic rings. The van der Waals surface area contributed by atoms with Crippen molar-refractivity contribution in [1.29, 1.82) is 0 Å². The Balaban J connectivity index is 2.20. The average Bonchev–Trinajstić information content (AvgIpc) is 2.89. The van der Waals surface area contributed by atoms with Gasteiger partial charge in [0.25, 0.3) is 0 Å². The van der Waals surface area contributed by atoms with Crippen molar-refractivity contribution in [2.24, 2.45) is 5.73 Å². The highest BCUT2D eigenvalue weighted by Gasteiger charge is 2.12. The highest BCUT2D eigenvalue weighted by molar-refractivity contribution is 7.09. The van der Waals surface area contributed by atoms with Crippen LogP contribution in [0.2, 0.25) is 5.02 Å². The molecule has 4 nitrogen and oxygen atoms in total. The number of nitrogens with zero attached hydrogens (tertiary/aromatic N) is 1. The molecule has 0 amide bonds. The minimum atomic E-state index is 0.371. The second-order valence-electron chi connectivity index (χ2n) is 3.53. The van der Waals surface area contributed by atoms with Gasteiger partial charge in [-0.3, -0.25) is 0 Å². The summed E-state index contributed by atoms with van der Waals surface area (Å²) in [5.74, 6) is 1.10. The Morgan fingerprint density at radius 2 is 2.28 bits per heavy atom. The fourth-order valence-corrected chi connectivity index (χ4v) is 2.30. The van der Waals surface area contributed by atoms with E-state index < -0.39 is 0 Å². The van der Waals surface area contributed by atoms with E-state index in [0.29, 0.717) is 29.7 Å². The third-order valence-corrected chi connectivity index (χ3v) is 3.38. The van der Waals surface area contributed by atoms with Gasteiger partial charge in [0, 0.05) is 18.1 Å². The molecule has 0 bridgehead atoms. The molecule has 2 rings (SSSR count). The van der Waals surface area contributed by atoms with E-state index in [1.807, 2.05) is 11.4 Å². The van der Waals surface area contributed by atoms with Gasteiger partial charge in [-0.15, -0.1) is 11.3 Å². The van der Waals surface area contributed by atoms with Crippen molar-refractivity contribution in [2.45, 2.75) is 13.2 Å². The van der Waals surface area contributed by atoms with Crippen LogP contribution in [0.25, 0.3) is 0 Å². The van der Waals surface area contributed by atoms with Gasteiger partial charge in [-0.2, -0.15) is 0 Å². The minimum Gasteiger partial charge on any atom is -0.493 e. The van der Waals surface area contributed by atoms with Crippen molar-refractivity contribution in [3.8, 4) is 11.5 Å². The molecule has 0 fully saturated rings. The van der Waals surface area contributed by atoms with Gasteiger partial charge in [0.05, 0.1) is 12.1 Å². The van der Waals surface area contributed by atoms with E-state index in [1.54, 1.807) is 19.4 Å². The van der Waals surface area contributed by atoms with E-state index in [9.17, 15) is 0 Å². The average molecular weight is 285 g/mol. The predicted molar refractivity (Wildman–Crippen MR) is 72.3 cm³/mol. The number of ether oxygens (including phenoxy) is 2. The third-order valence-electron chi connectivity index (χ3n) is 2.35. The van der Waals surface area contributed by atoms with E-state index in [4.69, 9.17) is 26.8 Å². The van der Waals surface area contributed by atoms with Crippen LogP contribution in [-0.4, -0.2) is 12.1 Å². The zero-order chi connectivity index (χ0) is 13.0. The first kappa shape index (κ1) is 13.1. The summed E-state index contributed by atoms with van der Waals surface area (Å²) in [5.41, 5.74) is 6.48. The fourth-order valence-electron chi connectivity index (χ4n) is 1.49. The molecule has 0 aliphatic rings. The lowest BCUT2D eigenvalue weighted by Crippen LogP contribution is -2.01. The minimum absolute atomic E-state index is 0.371. The highest BCUT2D eigenvalue weighted by atomic mass is 35.5. The fraction of sp³-hybridized carbons (Fsp3) is 0.250. The quantitative estimate of drug-likeness (QED) is 0.917. The van der Waals surface area contributed by atoms with E-state index in [1.165, 1.54) is 11.3 Å². The van der Waals surface area contributed by atoms with Crippen LogP contribution in [0, 0.1) is 0 Å². The van der Waals surface area contributed by atoms with Gasteiger partial charge in [-0.1, -0.05) is 11.6 Å². The van der Waals surface area contributed by atoms with Crippen molar-refractivity contribution in [2.75, 3.05) is 7.11 Å². The van der Waals surface area contributed by atoms with Gasteiger partial charge in [-0.25, -0.2) is 4.98 Å². The van der Waals surface area contributed by atoms with E-state index in [0.717, 1.165) is 10.6 Å². The van der Waals surface area contributed by atoms with E-state index in [2.05, 4.69) is 4.98 Å². The topological polar surface area (TPSA) is 57.4 Å². The number of rotatable bonds is 5. The summed E-state index contributed by atoms with van der Waals surface area (Å²) < 4.78 is 10.9. The molecule has 0 saturated carbocycles. The molecule has 0 aliphatic heterocycles. The van der Waals surface area contributed by atoms with Gasteiger partial charge in [-0.05, 0) is 17.7 Å².